The molecule has 1 atom stereocenters. The summed E-state index contributed by atoms with van der Waals surface area (Å²) in [7, 11) is 0. The summed E-state index contributed by atoms with van der Waals surface area (Å²) in [6, 6.07) is 3.54. The highest BCUT2D eigenvalue weighted by molar-refractivity contribution is 5.68. The monoisotopic (exact) mass is 318 g/mol. The third kappa shape index (κ3) is 5.33. The van der Waals surface area contributed by atoms with Gasteiger partial charge in [0.1, 0.15) is 18.3 Å². The fraction of sp³-hybridized carbons (Fsp3) is 0.467. The zero-order chi connectivity index (χ0) is 16.9. The van der Waals surface area contributed by atoms with Crippen molar-refractivity contribution in [3.63, 3.8) is 0 Å². The van der Waals surface area contributed by atoms with E-state index in [2.05, 4.69) is 20.4 Å². The van der Waals surface area contributed by atoms with Gasteiger partial charge in [-0.05, 0) is 38.8 Å². The number of carbonyl (C=O) groups is 1. The summed E-state index contributed by atoms with van der Waals surface area (Å²) < 4.78 is 6.81. The van der Waals surface area contributed by atoms with Crippen LogP contribution in [-0.2, 0) is 11.2 Å². The molecule has 3 N–H and O–H groups in total. The van der Waals surface area contributed by atoms with Gasteiger partial charge in [0.05, 0.1) is 0 Å². The van der Waals surface area contributed by atoms with E-state index in [-0.39, 0.29) is 6.04 Å². The Balaban J connectivity index is 1.95. The number of nitrogens with two attached hydrogens (primary N) is 1. The predicted molar refractivity (Wildman–Crippen MR) is 85.1 cm³/mol. The molecular weight excluding hydrogens is 296 g/mol. The van der Waals surface area contributed by atoms with Crippen molar-refractivity contribution in [3.05, 3.63) is 36.5 Å². The van der Waals surface area contributed by atoms with Crippen molar-refractivity contribution in [2.24, 2.45) is 5.73 Å². The Morgan fingerprint density at radius 2 is 2.22 bits per heavy atom. The molecule has 0 aliphatic rings. The Hall–Kier alpha value is -2.48. The van der Waals surface area contributed by atoms with Gasteiger partial charge >= 0.3 is 6.09 Å². The molecule has 0 spiro atoms. The van der Waals surface area contributed by atoms with Gasteiger partial charge in [-0.2, -0.15) is 5.10 Å². The number of aromatic nitrogens is 4. The molecule has 8 nitrogen and oxygen atoms in total. The molecule has 23 heavy (non-hydrogen) atoms. The number of carbonyl (C=O) groups excluding carboxylic acids is 1. The lowest BCUT2D eigenvalue weighted by molar-refractivity contribution is 0.0506. The maximum absolute atomic E-state index is 11.8. The Morgan fingerprint density at radius 1 is 1.43 bits per heavy atom. The molecule has 1 amide bonds. The Kier molecular flexibility index (Phi) is 5.28. The molecule has 1 unspecified atom stereocenters. The summed E-state index contributed by atoms with van der Waals surface area (Å²) in [6.07, 6.45) is 4.86. The minimum atomic E-state index is -0.537. The second kappa shape index (κ2) is 7.19. The summed E-state index contributed by atoms with van der Waals surface area (Å²) in [5.41, 5.74) is 6.15. The first-order chi connectivity index (χ1) is 10.9. The second-order valence-corrected chi connectivity index (χ2v) is 6.15. The SMILES string of the molecule is CC(C)(C)OC(=O)NC(CN)Cc1ccc(-n2cncn2)nc1. The highest BCUT2D eigenvalue weighted by Gasteiger charge is 2.19. The lowest BCUT2D eigenvalue weighted by atomic mass is 10.1. The van der Waals surface area contributed by atoms with Crippen molar-refractivity contribution >= 4 is 6.09 Å². The van der Waals surface area contributed by atoms with E-state index in [4.69, 9.17) is 10.5 Å². The lowest BCUT2D eigenvalue weighted by Gasteiger charge is -2.23. The molecule has 0 bridgehead atoms. The van der Waals surface area contributed by atoms with Gasteiger partial charge in [0, 0.05) is 18.8 Å². The number of nitrogens with one attached hydrogen (secondary N) is 1. The van der Waals surface area contributed by atoms with E-state index in [1.54, 1.807) is 17.2 Å². The number of nitrogens with zero attached hydrogens (tertiary/aromatic N) is 4. The Bertz CT molecular complexity index is 618. The van der Waals surface area contributed by atoms with E-state index >= 15 is 0 Å². The zero-order valence-corrected chi connectivity index (χ0v) is 13.6. The van der Waals surface area contributed by atoms with Crippen LogP contribution in [-0.4, -0.2) is 44.0 Å². The van der Waals surface area contributed by atoms with E-state index in [9.17, 15) is 4.79 Å². The highest BCUT2D eigenvalue weighted by atomic mass is 16.6. The average Bonchev–Trinajstić information content (AvgIpc) is 2.99. The summed E-state index contributed by atoms with van der Waals surface area (Å²) in [4.78, 5) is 20.0. The second-order valence-electron chi connectivity index (χ2n) is 6.15. The van der Waals surface area contributed by atoms with Gasteiger partial charge in [-0.25, -0.2) is 19.4 Å². The first-order valence-electron chi connectivity index (χ1n) is 7.37. The van der Waals surface area contributed by atoms with E-state index < -0.39 is 11.7 Å². The van der Waals surface area contributed by atoms with Crippen LogP contribution in [0.2, 0.25) is 0 Å². The molecule has 0 saturated heterocycles. The number of amides is 1. The summed E-state index contributed by atoms with van der Waals surface area (Å²) >= 11 is 0. The van der Waals surface area contributed by atoms with Gasteiger partial charge in [0.15, 0.2) is 5.82 Å². The van der Waals surface area contributed by atoms with Crippen LogP contribution in [0.1, 0.15) is 26.3 Å². The van der Waals surface area contributed by atoms with Gasteiger partial charge in [0.25, 0.3) is 0 Å². The largest absolute Gasteiger partial charge is 0.444 e. The minimum absolute atomic E-state index is 0.219. The van der Waals surface area contributed by atoms with Crippen molar-refractivity contribution in [2.45, 2.75) is 38.8 Å². The minimum Gasteiger partial charge on any atom is -0.444 e. The molecule has 2 aromatic heterocycles. The van der Waals surface area contributed by atoms with Crippen LogP contribution in [0.5, 0.6) is 0 Å². The number of ether oxygens (including phenoxy) is 1. The van der Waals surface area contributed by atoms with Crippen LogP contribution in [0.3, 0.4) is 0 Å². The quantitative estimate of drug-likeness (QED) is 0.853. The van der Waals surface area contributed by atoms with Crippen LogP contribution < -0.4 is 11.1 Å². The van der Waals surface area contributed by atoms with E-state index in [1.165, 1.54) is 6.33 Å². The zero-order valence-electron chi connectivity index (χ0n) is 13.6. The molecule has 0 saturated carbocycles. The first kappa shape index (κ1) is 16.9. The van der Waals surface area contributed by atoms with Gasteiger partial charge in [-0.3, -0.25) is 0 Å². The third-order valence-electron chi connectivity index (χ3n) is 2.95. The molecule has 2 heterocycles. The van der Waals surface area contributed by atoms with Crippen LogP contribution in [0.4, 0.5) is 4.79 Å². The van der Waals surface area contributed by atoms with Crippen molar-refractivity contribution in [1.82, 2.24) is 25.1 Å². The summed E-state index contributed by atoms with van der Waals surface area (Å²) in [6.45, 7) is 5.76. The Morgan fingerprint density at radius 3 is 2.74 bits per heavy atom. The highest BCUT2D eigenvalue weighted by Crippen LogP contribution is 2.09. The normalized spacial score (nSPS) is 12.7. The van der Waals surface area contributed by atoms with E-state index in [0.717, 1.165) is 5.56 Å². The predicted octanol–water partition coefficient (Wildman–Crippen LogP) is 1.06. The van der Waals surface area contributed by atoms with Crippen molar-refractivity contribution < 1.29 is 9.53 Å². The van der Waals surface area contributed by atoms with Crippen LogP contribution in [0.15, 0.2) is 31.0 Å². The van der Waals surface area contributed by atoms with Gasteiger partial charge in [-0.15, -0.1) is 0 Å². The fourth-order valence-corrected chi connectivity index (χ4v) is 1.95. The molecule has 8 heteroatoms. The Labute approximate surface area is 135 Å². The topological polar surface area (TPSA) is 108 Å². The smallest absolute Gasteiger partial charge is 0.407 e. The standard InChI is InChI=1S/C15H22N6O2/c1-15(2,3)23-14(22)20-12(7-16)6-11-4-5-13(18-8-11)21-10-17-9-19-21/h4-5,8-10,12H,6-7,16H2,1-3H3,(H,20,22). The average molecular weight is 318 g/mol. The fourth-order valence-electron chi connectivity index (χ4n) is 1.95. The number of hydrogen-bond donors (Lipinski definition) is 2. The van der Waals surface area contributed by atoms with Gasteiger partial charge < -0.3 is 15.8 Å². The van der Waals surface area contributed by atoms with Crippen molar-refractivity contribution in [3.8, 4) is 5.82 Å². The van der Waals surface area contributed by atoms with Crippen LogP contribution >= 0.6 is 0 Å². The maximum Gasteiger partial charge on any atom is 0.407 e. The first-order valence-corrected chi connectivity index (χ1v) is 7.37. The maximum atomic E-state index is 11.8. The van der Waals surface area contributed by atoms with Crippen molar-refractivity contribution in [2.75, 3.05) is 6.54 Å². The van der Waals surface area contributed by atoms with Crippen LogP contribution in [0.25, 0.3) is 5.82 Å². The molecule has 0 aliphatic heterocycles. The number of hydrogen-bond acceptors (Lipinski definition) is 6. The molecule has 2 rings (SSSR count). The van der Waals surface area contributed by atoms with Crippen LogP contribution in [0, 0.1) is 0 Å². The summed E-state index contributed by atoms with van der Waals surface area (Å²) in [5.74, 6) is 0.677. The van der Waals surface area contributed by atoms with Gasteiger partial charge in [0.2, 0.25) is 0 Å². The number of rotatable bonds is 5. The van der Waals surface area contributed by atoms with E-state index in [1.807, 2.05) is 32.9 Å². The third-order valence-corrected chi connectivity index (χ3v) is 2.95. The number of alkyl carbamates (subject to hydrolysis) is 1. The molecule has 124 valence electrons. The summed E-state index contributed by atoms with van der Waals surface area (Å²) in [5, 5.41) is 6.79. The molecule has 0 aliphatic carbocycles. The van der Waals surface area contributed by atoms with Crippen molar-refractivity contribution in [1.29, 1.82) is 0 Å². The molecular formula is C15H22N6O2. The molecule has 2 aromatic rings. The lowest BCUT2D eigenvalue weighted by Crippen LogP contribution is -2.44. The molecule has 0 fully saturated rings. The van der Waals surface area contributed by atoms with Gasteiger partial charge in [-0.1, -0.05) is 6.07 Å². The van der Waals surface area contributed by atoms with E-state index in [0.29, 0.717) is 18.8 Å². The molecule has 0 aromatic carbocycles. The molecule has 0 radical (unpaired) electrons. The number of pyridine rings is 1.